The van der Waals surface area contributed by atoms with E-state index in [1.165, 1.54) is 16.2 Å². The molecule has 0 aliphatic carbocycles. The number of aromatic nitrogens is 4. The second-order valence-electron chi connectivity index (χ2n) is 15.9. The van der Waals surface area contributed by atoms with E-state index in [9.17, 15) is 0 Å². The van der Waals surface area contributed by atoms with Gasteiger partial charge in [-0.05, 0) is 109 Å². The first-order chi connectivity index (χ1) is 30.6. The van der Waals surface area contributed by atoms with Crippen LogP contribution in [0.3, 0.4) is 0 Å². The molecule has 0 amide bonds. The molecule has 6 heteroatoms. The molecule has 0 N–H and O–H groups in total. The third-order valence-electron chi connectivity index (χ3n) is 12.1. The van der Waals surface area contributed by atoms with Gasteiger partial charge in [0.2, 0.25) is 5.89 Å². The smallest absolute Gasteiger partial charge is 0.227 e. The molecule has 10 aromatic carbocycles. The zero-order valence-electron chi connectivity index (χ0n) is 33.1. The number of benzene rings is 10. The van der Waals surface area contributed by atoms with Crippen LogP contribution in [0, 0.1) is 0 Å². The molecular formula is C56H32N4O2. The van der Waals surface area contributed by atoms with Crippen molar-refractivity contribution in [2.24, 2.45) is 0 Å². The van der Waals surface area contributed by atoms with E-state index in [4.69, 9.17) is 28.8 Å². The lowest BCUT2D eigenvalue weighted by molar-refractivity contribution is 0.622. The largest absolute Gasteiger partial charge is 0.456 e. The van der Waals surface area contributed by atoms with E-state index >= 15 is 0 Å². The lowest BCUT2D eigenvalue weighted by Crippen LogP contribution is -2.00. The number of oxazole rings is 1. The Hall–Kier alpha value is -8.48. The summed E-state index contributed by atoms with van der Waals surface area (Å²) in [7, 11) is 0. The first-order valence-corrected chi connectivity index (χ1v) is 20.7. The molecule has 0 radical (unpaired) electrons. The van der Waals surface area contributed by atoms with Crippen molar-refractivity contribution in [3.05, 3.63) is 194 Å². The monoisotopic (exact) mass is 792 g/mol. The molecule has 0 unspecified atom stereocenters. The topological polar surface area (TPSA) is 77.8 Å². The van der Waals surface area contributed by atoms with Gasteiger partial charge in [-0.2, -0.15) is 0 Å². The Kier molecular flexibility index (Phi) is 7.50. The highest BCUT2D eigenvalue weighted by atomic mass is 16.4. The molecular weight excluding hydrogens is 761 g/mol. The van der Waals surface area contributed by atoms with Crippen molar-refractivity contribution in [3.63, 3.8) is 0 Å². The SMILES string of the molecule is c1cc(-c2ccc3ccccc3c2)cc(-c2nc(-c3ccc4ccccc4c3)nc(-c3ccc4ccc5oc6ccc7nc(-c8ccc9ccccc9c8)oc7c6c5c4c3)n2)c1. The Balaban J connectivity index is 0.991. The fraction of sp³-hybridized carbons (Fsp3) is 0. The minimum Gasteiger partial charge on any atom is -0.456 e. The standard InChI is InChI=1S/C56H32N4O2/c1-4-11-37-28-41(20-16-33(37)8-1)40-14-7-15-42(30-40)53-58-54(43-21-17-34-9-2-5-12-38(34)29-43)60-55(59-53)44-22-19-36-24-26-48-50(46(36)32-44)51-49(61-48)27-25-47-52(51)62-56(57-47)45-23-18-35-10-3-6-13-39(35)31-45/h1-32H. The minimum atomic E-state index is 0.567. The maximum absolute atomic E-state index is 6.67. The van der Waals surface area contributed by atoms with Gasteiger partial charge < -0.3 is 8.83 Å². The summed E-state index contributed by atoms with van der Waals surface area (Å²) in [5.41, 5.74) is 8.77. The molecule has 6 nitrogen and oxygen atoms in total. The number of rotatable bonds is 5. The van der Waals surface area contributed by atoms with E-state index in [0.717, 1.165) is 87.8 Å². The number of fused-ring (bicyclic) bond motifs is 10. The van der Waals surface area contributed by atoms with Crippen LogP contribution in [0.1, 0.15) is 0 Å². The normalized spacial score (nSPS) is 11.9. The van der Waals surface area contributed by atoms with E-state index in [1.807, 2.05) is 30.3 Å². The molecule has 0 atom stereocenters. The van der Waals surface area contributed by atoms with Crippen LogP contribution < -0.4 is 0 Å². The first-order valence-electron chi connectivity index (χ1n) is 20.7. The fourth-order valence-electron chi connectivity index (χ4n) is 8.94. The maximum atomic E-state index is 6.67. The van der Waals surface area contributed by atoms with Crippen LogP contribution in [0.15, 0.2) is 203 Å². The predicted molar refractivity (Wildman–Crippen MR) is 252 cm³/mol. The Bertz CT molecular complexity index is 3960. The molecule has 0 saturated heterocycles. The van der Waals surface area contributed by atoms with Crippen molar-refractivity contribution in [1.29, 1.82) is 0 Å². The van der Waals surface area contributed by atoms with Gasteiger partial charge in [-0.1, -0.05) is 140 Å². The zero-order valence-corrected chi connectivity index (χ0v) is 33.1. The van der Waals surface area contributed by atoms with Gasteiger partial charge >= 0.3 is 0 Å². The Morgan fingerprint density at radius 2 is 0.758 bits per heavy atom. The van der Waals surface area contributed by atoms with Crippen LogP contribution in [0.4, 0.5) is 0 Å². The predicted octanol–water partition coefficient (Wildman–Crippen LogP) is 14.9. The van der Waals surface area contributed by atoms with Crippen LogP contribution in [-0.2, 0) is 0 Å². The van der Waals surface area contributed by atoms with Crippen molar-refractivity contribution in [2.75, 3.05) is 0 Å². The quantitative estimate of drug-likeness (QED) is 0.173. The van der Waals surface area contributed by atoms with Crippen LogP contribution in [0.25, 0.3) is 133 Å². The lowest BCUT2D eigenvalue weighted by Gasteiger charge is -2.11. The van der Waals surface area contributed by atoms with Crippen LogP contribution in [0.2, 0.25) is 0 Å². The highest BCUT2D eigenvalue weighted by molar-refractivity contribution is 6.25. The third kappa shape index (κ3) is 5.65. The molecule has 0 saturated carbocycles. The molecule has 3 aromatic heterocycles. The molecule has 0 bridgehead atoms. The maximum Gasteiger partial charge on any atom is 0.227 e. The van der Waals surface area contributed by atoms with Gasteiger partial charge in [-0.3, -0.25) is 0 Å². The summed E-state index contributed by atoms with van der Waals surface area (Å²) < 4.78 is 13.2. The second kappa shape index (κ2) is 13.5. The summed E-state index contributed by atoms with van der Waals surface area (Å²) in [6.07, 6.45) is 0. The van der Waals surface area contributed by atoms with E-state index < -0.39 is 0 Å². The Morgan fingerprint density at radius 3 is 1.44 bits per heavy atom. The van der Waals surface area contributed by atoms with E-state index in [-0.39, 0.29) is 0 Å². The molecule has 288 valence electrons. The fourth-order valence-corrected chi connectivity index (χ4v) is 8.94. The molecule has 3 heterocycles. The van der Waals surface area contributed by atoms with Crippen LogP contribution >= 0.6 is 0 Å². The highest BCUT2D eigenvalue weighted by Gasteiger charge is 2.20. The van der Waals surface area contributed by atoms with Gasteiger partial charge in [0.1, 0.15) is 16.7 Å². The average Bonchev–Trinajstić information content (AvgIpc) is 3.96. The summed E-state index contributed by atoms with van der Waals surface area (Å²) in [5, 5.41) is 10.9. The van der Waals surface area contributed by atoms with Crippen molar-refractivity contribution in [2.45, 2.75) is 0 Å². The molecule has 0 spiro atoms. The van der Waals surface area contributed by atoms with Gasteiger partial charge in [0.15, 0.2) is 23.1 Å². The summed E-state index contributed by atoms with van der Waals surface area (Å²) >= 11 is 0. The summed E-state index contributed by atoms with van der Waals surface area (Å²) in [5.74, 6) is 2.34. The average molecular weight is 793 g/mol. The number of nitrogens with zero attached hydrogens (tertiary/aromatic N) is 4. The van der Waals surface area contributed by atoms with Gasteiger partial charge in [0.25, 0.3) is 0 Å². The van der Waals surface area contributed by atoms with Gasteiger partial charge in [0, 0.05) is 27.6 Å². The minimum absolute atomic E-state index is 0.567. The number of hydrogen-bond donors (Lipinski definition) is 0. The van der Waals surface area contributed by atoms with Crippen molar-refractivity contribution >= 4 is 76.1 Å². The molecule has 0 fully saturated rings. The molecule has 0 aliphatic heterocycles. The Labute approximate surface area is 354 Å². The zero-order chi connectivity index (χ0) is 40.7. The Morgan fingerprint density at radius 1 is 0.290 bits per heavy atom. The van der Waals surface area contributed by atoms with Gasteiger partial charge in [0.05, 0.1) is 5.39 Å². The van der Waals surface area contributed by atoms with Crippen LogP contribution in [-0.4, -0.2) is 19.9 Å². The number of hydrogen-bond acceptors (Lipinski definition) is 6. The van der Waals surface area contributed by atoms with Crippen LogP contribution in [0.5, 0.6) is 0 Å². The molecule has 0 aliphatic rings. The van der Waals surface area contributed by atoms with Crippen molar-refractivity contribution in [1.82, 2.24) is 19.9 Å². The summed E-state index contributed by atoms with van der Waals surface area (Å²) in [4.78, 5) is 20.5. The summed E-state index contributed by atoms with van der Waals surface area (Å²) in [6, 6.07) is 67.3. The third-order valence-corrected chi connectivity index (χ3v) is 12.1. The van der Waals surface area contributed by atoms with Gasteiger partial charge in [-0.25, -0.2) is 19.9 Å². The second-order valence-corrected chi connectivity index (χ2v) is 15.9. The van der Waals surface area contributed by atoms with Crippen molar-refractivity contribution < 1.29 is 8.83 Å². The molecule has 13 aromatic rings. The number of furan rings is 1. The van der Waals surface area contributed by atoms with E-state index in [2.05, 4.69) is 164 Å². The van der Waals surface area contributed by atoms with E-state index in [0.29, 0.717) is 28.9 Å². The van der Waals surface area contributed by atoms with Crippen molar-refractivity contribution in [3.8, 4) is 56.7 Å². The van der Waals surface area contributed by atoms with E-state index in [1.54, 1.807) is 0 Å². The summed E-state index contributed by atoms with van der Waals surface area (Å²) in [6.45, 7) is 0. The lowest BCUT2D eigenvalue weighted by atomic mass is 9.99. The molecule has 13 rings (SSSR count). The molecule has 62 heavy (non-hydrogen) atoms. The van der Waals surface area contributed by atoms with Gasteiger partial charge in [-0.15, -0.1) is 0 Å². The first kappa shape index (κ1) is 34.4. The highest BCUT2D eigenvalue weighted by Crippen LogP contribution is 2.41.